The van der Waals surface area contributed by atoms with Crippen LogP contribution in [0, 0.1) is 0 Å². The molecule has 18 heavy (non-hydrogen) atoms. The Morgan fingerprint density at radius 3 is 2.72 bits per heavy atom. The van der Waals surface area contributed by atoms with Crippen molar-refractivity contribution in [2.75, 3.05) is 32.2 Å². The third kappa shape index (κ3) is 4.15. The number of nitrogens with one attached hydrogen (secondary N) is 1. The van der Waals surface area contributed by atoms with Gasteiger partial charge in [0, 0.05) is 6.54 Å². The molecule has 0 radical (unpaired) electrons. The van der Waals surface area contributed by atoms with E-state index >= 15 is 0 Å². The number of rotatable bonds is 6. The Balaban J connectivity index is 2.66. The Morgan fingerprint density at radius 1 is 1.33 bits per heavy atom. The topological polar surface area (TPSA) is 90.6 Å². The van der Waals surface area contributed by atoms with Gasteiger partial charge in [-0.05, 0) is 12.1 Å². The summed E-state index contributed by atoms with van der Waals surface area (Å²) in [5.74, 6) is -0.853. The van der Waals surface area contributed by atoms with E-state index in [0.717, 1.165) is 0 Å². The minimum absolute atomic E-state index is 0.104. The van der Waals surface area contributed by atoms with Crippen molar-refractivity contribution in [1.29, 1.82) is 0 Å². The number of ether oxygens (including phenoxy) is 2. The van der Waals surface area contributed by atoms with Crippen molar-refractivity contribution in [3.05, 3.63) is 29.8 Å². The molecule has 0 saturated carbocycles. The van der Waals surface area contributed by atoms with Crippen molar-refractivity contribution < 1.29 is 19.1 Å². The Hall–Kier alpha value is -1.92. The van der Waals surface area contributed by atoms with E-state index in [9.17, 15) is 9.59 Å². The summed E-state index contributed by atoms with van der Waals surface area (Å²) in [5, 5.41) is 2.58. The summed E-state index contributed by atoms with van der Waals surface area (Å²) < 4.78 is 9.61. The number of hydrogen-bond donors (Lipinski definition) is 2. The van der Waals surface area contributed by atoms with Gasteiger partial charge in [0.1, 0.15) is 6.61 Å². The normalized spacial score (nSPS) is 9.89. The number of carbonyl (C=O) groups excluding carboxylic acids is 2. The smallest absolute Gasteiger partial charge is 0.339 e. The minimum Gasteiger partial charge on any atom is -0.465 e. The van der Waals surface area contributed by atoms with Gasteiger partial charge in [-0.2, -0.15) is 0 Å². The number of esters is 1. The van der Waals surface area contributed by atoms with Crippen LogP contribution < -0.4 is 11.1 Å². The van der Waals surface area contributed by atoms with Crippen LogP contribution in [-0.2, 0) is 14.3 Å². The van der Waals surface area contributed by atoms with Gasteiger partial charge >= 0.3 is 5.97 Å². The van der Waals surface area contributed by atoms with Crippen LogP contribution in [0.3, 0.4) is 0 Å². The first-order chi connectivity index (χ1) is 8.69. The molecule has 0 aromatic heterocycles. The van der Waals surface area contributed by atoms with Crippen molar-refractivity contribution >= 4 is 17.6 Å². The highest BCUT2D eigenvalue weighted by Crippen LogP contribution is 2.15. The van der Waals surface area contributed by atoms with E-state index in [4.69, 9.17) is 10.5 Å². The van der Waals surface area contributed by atoms with Gasteiger partial charge in [-0.3, -0.25) is 4.79 Å². The van der Waals surface area contributed by atoms with Crippen LogP contribution in [0.2, 0.25) is 0 Å². The van der Waals surface area contributed by atoms with Crippen LogP contribution in [0.25, 0.3) is 0 Å². The first-order valence-electron chi connectivity index (χ1n) is 5.44. The predicted molar refractivity (Wildman–Crippen MR) is 66.3 cm³/mol. The van der Waals surface area contributed by atoms with Gasteiger partial charge in [-0.25, -0.2) is 4.79 Å². The molecule has 1 aromatic carbocycles. The molecule has 0 aliphatic rings. The molecular formula is C12H16N2O4. The van der Waals surface area contributed by atoms with Crippen molar-refractivity contribution in [3.8, 4) is 0 Å². The van der Waals surface area contributed by atoms with E-state index < -0.39 is 5.97 Å². The highest BCUT2D eigenvalue weighted by Gasteiger charge is 2.12. The van der Waals surface area contributed by atoms with Crippen molar-refractivity contribution in [1.82, 2.24) is 0 Å². The molecule has 0 fully saturated rings. The van der Waals surface area contributed by atoms with Gasteiger partial charge in [-0.15, -0.1) is 0 Å². The third-order valence-corrected chi connectivity index (χ3v) is 2.10. The number of para-hydroxylation sites is 1. The lowest BCUT2D eigenvalue weighted by atomic mass is 10.2. The second-order valence-electron chi connectivity index (χ2n) is 3.43. The summed E-state index contributed by atoms with van der Waals surface area (Å²) >= 11 is 0. The Labute approximate surface area is 105 Å². The zero-order valence-corrected chi connectivity index (χ0v) is 10.1. The maximum Gasteiger partial charge on any atom is 0.339 e. The molecule has 3 N–H and O–H groups in total. The number of carbonyl (C=O) groups is 2. The molecule has 1 amide bonds. The fourth-order valence-corrected chi connectivity index (χ4v) is 1.31. The third-order valence-electron chi connectivity index (χ3n) is 2.10. The number of hydrogen-bond acceptors (Lipinski definition) is 5. The van der Waals surface area contributed by atoms with Gasteiger partial charge in [0.15, 0.2) is 0 Å². The number of benzene rings is 1. The highest BCUT2D eigenvalue weighted by molar-refractivity contribution is 6.01. The van der Waals surface area contributed by atoms with E-state index in [0.29, 0.717) is 24.4 Å². The molecule has 98 valence electrons. The number of methoxy groups -OCH3 is 1. The summed E-state index contributed by atoms with van der Waals surface area (Å²) in [6, 6.07) is 6.59. The molecule has 0 unspecified atom stereocenters. The lowest BCUT2D eigenvalue weighted by Gasteiger charge is -2.09. The molecule has 6 heteroatoms. The van der Waals surface area contributed by atoms with Gasteiger partial charge in [0.25, 0.3) is 0 Å². The molecule has 0 saturated heterocycles. The molecule has 0 heterocycles. The molecule has 0 atom stereocenters. The summed E-state index contributed by atoms with van der Waals surface area (Å²) in [6.45, 7) is 0.560. The van der Waals surface area contributed by atoms with Crippen molar-refractivity contribution in [2.45, 2.75) is 0 Å². The van der Waals surface area contributed by atoms with Crippen molar-refractivity contribution in [3.63, 3.8) is 0 Å². The Bertz CT molecular complexity index is 420. The molecule has 0 spiro atoms. The molecule has 0 aliphatic carbocycles. The molecule has 6 nitrogen and oxygen atoms in total. The maximum atomic E-state index is 11.5. The van der Waals surface area contributed by atoms with E-state index in [1.54, 1.807) is 24.3 Å². The zero-order chi connectivity index (χ0) is 13.4. The van der Waals surface area contributed by atoms with Crippen LogP contribution in [-0.4, -0.2) is 38.7 Å². The fraction of sp³-hybridized carbons (Fsp3) is 0.333. The first kappa shape index (κ1) is 14.1. The number of amides is 1. The minimum atomic E-state index is -0.506. The molecule has 0 bridgehead atoms. The van der Waals surface area contributed by atoms with E-state index in [1.807, 2.05) is 0 Å². The van der Waals surface area contributed by atoms with E-state index in [1.165, 1.54) is 7.11 Å². The van der Waals surface area contributed by atoms with E-state index in [-0.39, 0.29) is 12.5 Å². The zero-order valence-electron chi connectivity index (χ0n) is 10.1. The standard InChI is InChI=1S/C12H16N2O4/c1-17-12(16)9-4-2-3-5-10(9)14-11(15)8-18-7-6-13/h2-5H,6-8,13H2,1H3,(H,14,15). The fourth-order valence-electron chi connectivity index (χ4n) is 1.31. The largest absolute Gasteiger partial charge is 0.465 e. The number of nitrogens with two attached hydrogens (primary N) is 1. The van der Waals surface area contributed by atoms with E-state index in [2.05, 4.69) is 10.1 Å². The highest BCUT2D eigenvalue weighted by atomic mass is 16.5. The summed E-state index contributed by atoms with van der Waals surface area (Å²) in [6.07, 6.45) is 0. The number of anilines is 1. The van der Waals surface area contributed by atoms with Crippen LogP contribution in [0.15, 0.2) is 24.3 Å². The Morgan fingerprint density at radius 2 is 2.06 bits per heavy atom. The predicted octanol–water partition coefficient (Wildman–Crippen LogP) is 0.387. The van der Waals surface area contributed by atoms with Crippen LogP contribution in [0.5, 0.6) is 0 Å². The average molecular weight is 252 g/mol. The van der Waals surface area contributed by atoms with Crippen LogP contribution >= 0.6 is 0 Å². The maximum absolute atomic E-state index is 11.5. The lowest BCUT2D eigenvalue weighted by molar-refractivity contribution is -0.120. The molecular weight excluding hydrogens is 236 g/mol. The van der Waals surface area contributed by atoms with Gasteiger partial charge < -0.3 is 20.5 Å². The van der Waals surface area contributed by atoms with Crippen LogP contribution in [0.1, 0.15) is 10.4 Å². The van der Waals surface area contributed by atoms with Gasteiger partial charge in [-0.1, -0.05) is 12.1 Å². The summed E-state index contributed by atoms with van der Waals surface area (Å²) in [4.78, 5) is 23.0. The summed E-state index contributed by atoms with van der Waals surface area (Å²) in [5.41, 5.74) is 5.92. The molecule has 0 aliphatic heterocycles. The summed E-state index contributed by atoms with van der Waals surface area (Å²) in [7, 11) is 1.28. The van der Waals surface area contributed by atoms with Crippen molar-refractivity contribution in [2.24, 2.45) is 5.73 Å². The van der Waals surface area contributed by atoms with Crippen LogP contribution in [0.4, 0.5) is 5.69 Å². The first-order valence-corrected chi connectivity index (χ1v) is 5.44. The monoisotopic (exact) mass is 252 g/mol. The molecule has 1 aromatic rings. The van der Waals surface area contributed by atoms with Gasteiger partial charge in [0.2, 0.25) is 5.91 Å². The second-order valence-corrected chi connectivity index (χ2v) is 3.43. The molecule has 1 rings (SSSR count). The Kier molecular flexibility index (Phi) is 5.83. The lowest BCUT2D eigenvalue weighted by Crippen LogP contribution is -2.22. The second kappa shape index (κ2) is 7.41. The quantitative estimate of drug-likeness (QED) is 0.564. The van der Waals surface area contributed by atoms with Gasteiger partial charge in [0.05, 0.1) is 25.0 Å². The SMILES string of the molecule is COC(=O)c1ccccc1NC(=O)COCCN. The average Bonchev–Trinajstić information content (AvgIpc) is 2.39.